The molecule has 0 bridgehead atoms. The fraction of sp³-hybridized carbons (Fsp3) is 0.435. The third-order valence-electron chi connectivity index (χ3n) is 5.59. The molecule has 1 aliphatic carbocycles. The van der Waals surface area contributed by atoms with Crippen LogP contribution in [0.3, 0.4) is 0 Å². The van der Waals surface area contributed by atoms with E-state index in [-0.39, 0.29) is 30.9 Å². The Hall–Kier alpha value is -2.44. The van der Waals surface area contributed by atoms with Gasteiger partial charge in [0.2, 0.25) is 0 Å². The molecule has 1 saturated carbocycles. The normalized spacial score (nSPS) is 19.7. The lowest BCUT2D eigenvalue weighted by molar-refractivity contribution is 0.0944. The minimum atomic E-state index is -0.291. The summed E-state index contributed by atoms with van der Waals surface area (Å²) in [5, 5.41) is 15.1. The molecule has 3 rings (SSSR count). The maximum Gasteiger partial charge on any atom is 0.251 e. The molecule has 0 radical (unpaired) electrons. The first-order valence-corrected chi connectivity index (χ1v) is 10.1. The van der Waals surface area contributed by atoms with Crippen molar-refractivity contribution >= 4 is 5.91 Å². The molecule has 0 spiro atoms. The van der Waals surface area contributed by atoms with Crippen molar-refractivity contribution in [2.45, 2.75) is 44.2 Å². The van der Waals surface area contributed by atoms with Crippen LogP contribution in [-0.2, 0) is 0 Å². The van der Waals surface area contributed by atoms with Gasteiger partial charge in [-0.05, 0) is 67.5 Å². The zero-order valence-corrected chi connectivity index (χ0v) is 17.0. The number of hydrogen-bond donors (Lipinski definition) is 3. The number of amides is 1. The maximum atomic E-state index is 13.8. The van der Waals surface area contributed by atoms with E-state index >= 15 is 0 Å². The monoisotopic (exact) mass is 400 g/mol. The summed E-state index contributed by atoms with van der Waals surface area (Å²) in [7, 11) is 1.54. The number of aliphatic hydroxyl groups is 1. The van der Waals surface area contributed by atoms with Crippen molar-refractivity contribution in [3.8, 4) is 5.75 Å². The van der Waals surface area contributed by atoms with Crippen molar-refractivity contribution in [1.29, 1.82) is 0 Å². The van der Waals surface area contributed by atoms with Gasteiger partial charge in [-0.2, -0.15) is 0 Å². The number of rotatable bonds is 8. The quantitative estimate of drug-likeness (QED) is 0.634. The molecule has 0 aliphatic heterocycles. The van der Waals surface area contributed by atoms with Gasteiger partial charge in [0.25, 0.3) is 5.91 Å². The molecule has 3 unspecified atom stereocenters. The number of halogens is 1. The molecule has 29 heavy (non-hydrogen) atoms. The van der Waals surface area contributed by atoms with E-state index in [1.165, 1.54) is 11.6 Å². The van der Waals surface area contributed by atoms with E-state index in [4.69, 9.17) is 9.84 Å². The van der Waals surface area contributed by atoms with Crippen LogP contribution in [0.25, 0.3) is 0 Å². The summed E-state index contributed by atoms with van der Waals surface area (Å²) in [6, 6.07) is 12.9. The first-order valence-electron chi connectivity index (χ1n) is 10.1. The van der Waals surface area contributed by atoms with Crippen LogP contribution in [0.4, 0.5) is 4.39 Å². The number of benzene rings is 2. The Balaban J connectivity index is 1.57. The molecule has 156 valence electrons. The number of nitrogens with one attached hydrogen (secondary N) is 2. The minimum Gasteiger partial charge on any atom is -0.497 e. The lowest BCUT2D eigenvalue weighted by atomic mass is 9.96. The summed E-state index contributed by atoms with van der Waals surface area (Å²) < 4.78 is 19.0. The minimum absolute atomic E-state index is 0.0287. The first kappa shape index (κ1) is 21.3. The predicted molar refractivity (Wildman–Crippen MR) is 111 cm³/mol. The van der Waals surface area contributed by atoms with Gasteiger partial charge in [0.1, 0.15) is 11.6 Å². The van der Waals surface area contributed by atoms with Crippen molar-refractivity contribution in [1.82, 2.24) is 10.6 Å². The van der Waals surface area contributed by atoms with E-state index in [9.17, 15) is 9.18 Å². The van der Waals surface area contributed by atoms with Crippen LogP contribution in [0, 0.1) is 5.82 Å². The molecule has 6 heteroatoms. The lowest BCUT2D eigenvalue weighted by Gasteiger charge is -2.21. The largest absolute Gasteiger partial charge is 0.497 e. The van der Waals surface area contributed by atoms with E-state index < -0.39 is 0 Å². The average Bonchev–Trinajstić information content (AvgIpc) is 3.20. The third kappa shape index (κ3) is 5.55. The summed E-state index contributed by atoms with van der Waals surface area (Å²) in [5.74, 6) is 0.508. The van der Waals surface area contributed by atoms with Crippen LogP contribution in [0.2, 0.25) is 0 Å². The van der Waals surface area contributed by atoms with Crippen LogP contribution < -0.4 is 15.4 Å². The van der Waals surface area contributed by atoms with Gasteiger partial charge in [0, 0.05) is 30.3 Å². The van der Waals surface area contributed by atoms with Crippen molar-refractivity contribution in [3.05, 3.63) is 65.0 Å². The number of hydrogen-bond acceptors (Lipinski definition) is 4. The summed E-state index contributed by atoms with van der Waals surface area (Å²) in [4.78, 5) is 11.9. The highest BCUT2D eigenvalue weighted by Crippen LogP contribution is 2.35. The van der Waals surface area contributed by atoms with Gasteiger partial charge in [-0.15, -0.1) is 0 Å². The molecule has 3 N–H and O–H groups in total. The molecular formula is C23H29FN2O3. The van der Waals surface area contributed by atoms with Gasteiger partial charge in [-0.1, -0.05) is 12.1 Å². The van der Waals surface area contributed by atoms with Crippen LogP contribution in [0.15, 0.2) is 42.5 Å². The number of aliphatic hydroxyl groups excluding tert-OH is 1. The van der Waals surface area contributed by atoms with Crippen molar-refractivity contribution in [3.63, 3.8) is 0 Å². The smallest absolute Gasteiger partial charge is 0.251 e. The standard InChI is InChI=1S/C23H29FN2O3/c1-15(19-11-20(24)14-22(13-19)29-2)26-21-8-7-18(12-21)16-3-5-17(6-4-16)23(28)25-9-10-27/h3-6,11,13-15,18,21,26-27H,7-10,12H2,1-2H3,(H,25,28). The molecule has 2 aromatic rings. The Morgan fingerprint density at radius 1 is 1.24 bits per heavy atom. The highest BCUT2D eigenvalue weighted by atomic mass is 19.1. The topological polar surface area (TPSA) is 70.6 Å². The van der Waals surface area contributed by atoms with Crippen LogP contribution in [-0.4, -0.2) is 37.3 Å². The molecule has 5 nitrogen and oxygen atoms in total. The van der Waals surface area contributed by atoms with Crippen LogP contribution in [0.5, 0.6) is 5.75 Å². The SMILES string of the molecule is COc1cc(F)cc(C(C)NC2CCC(c3ccc(C(=O)NCCO)cc3)C2)c1. The van der Waals surface area contributed by atoms with Crippen molar-refractivity contribution < 1.29 is 19.0 Å². The molecule has 0 aromatic heterocycles. The second kappa shape index (κ2) is 9.85. The van der Waals surface area contributed by atoms with Gasteiger partial charge in [0.15, 0.2) is 0 Å². The molecule has 3 atom stereocenters. The highest BCUT2D eigenvalue weighted by molar-refractivity contribution is 5.94. The van der Waals surface area contributed by atoms with Gasteiger partial charge >= 0.3 is 0 Å². The highest BCUT2D eigenvalue weighted by Gasteiger charge is 2.27. The number of carbonyl (C=O) groups is 1. The van der Waals surface area contributed by atoms with Crippen LogP contribution in [0.1, 0.15) is 59.6 Å². The Kier molecular flexibility index (Phi) is 7.23. The number of carbonyl (C=O) groups excluding carboxylic acids is 1. The Labute approximate surface area is 171 Å². The van der Waals surface area contributed by atoms with Gasteiger partial charge < -0.3 is 20.5 Å². The van der Waals surface area contributed by atoms with Crippen molar-refractivity contribution in [2.75, 3.05) is 20.3 Å². The van der Waals surface area contributed by atoms with E-state index in [2.05, 4.69) is 10.6 Å². The van der Waals surface area contributed by atoms with Gasteiger partial charge in [0.05, 0.1) is 13.7 Å². The fourth-order valence-electron chi connectivity index (χ4n) is 4.02. The molecule has 1 aliphatic rings. The van der Waals surface area contributed by atoms with Gasteiger partial charge in [-0.3, -0.25) is 4.79 Å². The summed E-state index contributed by atoms with van der Waals surface area (Å²) in [5.41, 5.74) is 2.71. The second-order valence-electron chi connectivity index (χ2n) is 7.62. The zero-order chi connectivity index (χ0) is 20.8. The number of methoxy groups -OCH3 is 1. The Bertz CT molecular complexity index is 825. The molecule has 1 fully saturated rings. The molecule has 2 aromatic carbocycles. The summed E-state index contributed by atoms with van der Waals surface area (Å²) >= 11 is 0. The predicted octanol–water partition coefficient (Wildman–Crippen LogP) is 3.54. The Morgan fingerprint density at radius 2 is 2.00 bits per heavy atom. The van der Waals surface area contributed by atoms with E-state index in [0.717, 1.165) is 24.8 Å². The Morgan fingerprint density at radius 3 is 2.69 bits per heavy atom. The third-order valence-corrected chi connectivity index (χ3v) is 5.59. The fourth-order valence-corrected chi connectivity index (χ4v) is 4.02. The molecule has 1 amide bonds. The van der Waals surface area contributed by atoms with E-state index in [0.29, 0.717) is 23.3 Å². The van der Waals surface area contributed by atoms with Crippen LogP contribution >= 0.6 is 0 Å². The maximum absolute atomic E-state index is 13.8. The second-order valence-corrected chi connectivity index (χ2v) is 7.62. The zero-order valence-electron chi connectivity index (χ0n) is 17.0. The van der Waals surface area contributed by atoms with E-state index in [1.807, 2.05) is 37.3 Å². The number of ether oxygens (including phenoxy) is 1. The molecule has 0 heterocycles. The first-order chi connectivity index (χ1) is 14.0. The molecule has 0 saturated heterocycles. The average molecular weight is 400 g/mol. The lowest BCUT2D eigenvalue weighted by Crippen LogP contribution is -2.29. The summed E-state index contributed by atoms with van der Waals surface area (Å²) in [6.45, 7) is 2.23. The molecular weight excluding hydrogens is 371 g/mol. The van der Waals surface area contributed by atoms with E-state index in [1.54, 1.807) is 13.2 Å². The van der Waals surface area contributed by atoms with Gasteiger partial charge in [-0.25, -0.2) is 4.39 Å². The van der Waals surface area contributed by atoms with Crippen molar-refractivity contribution in [2.24, 2.45) is 0 Å². The summed E-state index contributed by atoms with van der Waals surface area (Å²) in [6.07, 6.45) is 3.14.